The standard InChI is InChI=1S/C5H7NO3S2/c7-11(8)1-3-4(2-11)9-5(10)6-3/h3-4H,1-2H2,(H,6,10). The van der Waals surface area contributed by atoms with Gasteiger partial charge in [0.15, 0.2) is 9.84 Å². The molecule has 2 aliphatic heterocycles. The first-order valence-corrected chi connectivity index (χ1v) is 5.47. The van der Waals surface area contributed by atoms with Gasteiger partial charge in [-0.1, -0.05) is 0 Å². The molecule has 0 bridgehead atoms. The van der Waals surface area contributed by atoms with Gasteiger partial charge in [-0.2, -0.15) is 0 Å². The van der Waals surface area contributed by atoms with Gasteiger partial charge in [0, 0.05) is 0 Å². The smallest absolute Gasteiger partial charge is 0.257 e. The minimum Gasteiger partial charge on any atom is -0.464 e. The zero-order valence-electron chi connectivity index (χ0n) is 5.61. The van der Waals surface area contributed by atoms with Crippen LogP contribution in [-0.4, -0.2) is 37.2 Å². The Kier molecular flexibility index (Phi) is 1.37. The summed E-state index contributed by atoms with van der Waals surface area (Å²) < 4.78 is 27.0. The molecule has 2 fully saturated rings. The highest BCUT2D eigenvalue weighted by atomic mass is 32.2. The third-order valence-electron chi connectivity index (χ3n) is 1.86. The van der Waals surface area contributed by atoms with Crippen LogP contribution in [0.1, 0.15) is 0 Å². The van der Waals surface area contributed by atoms with Gasteiger partial charge in [0.05, 0.1) is 17.5 Å². The minimum atomic E-state index is -2.88. The largest absolute Gasteiger partial charge is 0.464 e. The van der Waals surface area contributed by atoms with E-state index in [1.165, 1.54) is 0 Å². The fourth-order valence-electron chi connectivity index (χ4n) is 1.39. The molecule has 2 unspecified atom stereocenters. The van der Waals surface area contributed by atoms with E-state index in [0.717, 1.165) is 0 Å². The average Bonchev–Trinajstić information content (AvgIpc) is 2.17. The monoisotopic (exact) mass is 193 g/mol. The summed E-state index contributed by atoms with van der Waals surface area (Å²) in [4.78, 5) is 0. The molecule has 2 aliphatic rings. The third-order valence-corrected chi connectivity index (χ3v) is 3.78. The second kappa shape index (κ2) is 2.07. The molecule has 1 N–H and O–H groups in total. The quantitative estimate of drug-likeness (QED) is 0.503. The van der Waals surface area contributed by atoms with Crippen molar-refractivity contribution in [3.8, 4) is 0 Å². The highest BCUT2D eigenvalue weighted by Gasteiger charge is 2.44. The van der Waals surface area contributed by atoms with Crippen molar-refractivity contribution in [3.05, 3.63) is 0 Å². The summed E-state index contributed by atoms with van der Waals surface area (Å²) in [5, 5.41) is 3.13. The molecule has 4 nitrogen and oxygen atoms in total. The van der Waals surface area contributed by atoms with Crippen LogP contribution in [0, 0.1) is 0 Å². The lowest BCUT2D eigenvalue weighted by molar-refractivity contribution is 0.243. The Balaban J connectivity index is 2.22. The molecule has 0 aromatic heterocycles. The Morgan fingerprint density at radius 2 is 2.27 bits per heavy atom. The van der Waals surface area contributed by atoms with Crippen molar-refractivity contribution in [2.24, 2.45) is 0 Å². The third kappa shape index (κ3) is 1.20. The molecule has 0 spiro atoms. The van der Waals surface area contributed by atoms with E-state index >= 15 is 0 Å². The molecular formula is C5H7NO3S2. The molecule has 2 rings (SSSR count). The van der Waals surface area contributed by atoms with E-state index in [4.69, 9.17) is 17.0 Å². The average molecular weight is 193 g/mol. The van der Waals surface area contributed by atoms with Gasteiger partial charge >= 0.3 is 0 Å². The first-order chi connectivity index (χ1) is 5.07. The Bertz CT molecular complexity index is 275. The van der Waals surface area contributed by atoms with Gasteiger partial charge in [-0.15, -0.1) is 0 Å². The Morgan fingerprint density at radius 3 is 2.91 bits per heavy atom. The number of hydrogen-bond donors (Lipinski definition) is 1. The molecule has 0 aliphatic carbocycles. The minimum absolute atomic E-state index is 0.102. The SMILES string of the molecule is O=S1(=O)CC2NC(=S)OC2C1. The van der Waals surface area contributed by atoms with Crippen LogP contribution in [-0.2, 0) is 14.6 Å². The van der Waals surface area contributed by atoms with Gasteiger partial charge in [0.2, 0.25) is 0 Å². The lowest BCUT2D eigenvalue weighted by atomic mass is 10.2. The van der Waals surface area contributed by atoms with Crippen molar-refractivity contribution in [1.29, 1.82) is 0 Å². The second-order valence-electron chi connectivity index (χ2n) is 2.77. The maximum Gasteiger partial charge on any atom is 0.257 e. The van der Waals surface area contributed by atoms with Crippen molar-refractivity contribution in [2.75, 3.05) is 11.5 Å². The predicted octanol–water partition coefficient (Wildman–Crippen LogP) is -0.943. The molecule has 2 atom stereocenters. The topological polar surface area (TPSA) is 55.4 Å². The molecule has 0 aromatic rings. The van der Waals surface area contributed by atoms with E-state index < -0.39 is 9.84 Å². The number of fused-ring (bicyclic) bond motifs is 1. The fourth-order valence-corrected chi connectivity index (χ4v) is 3.45. The number of sulfone groups is 1. The van der Waals surface area contributed by atoms with E-state index in [-0.39, 0.29) is 23.7 Å². The molecule has 62 valence electrons. The second-order valence-corrected chi connectivity index (χ2v) is 5.30. The number of rotatable bonds is 0. The van der Waals surface area contributed by atoms with Crippen molar-refractivity contribution in [1.82, 2.24) is 5.32 Å². The van der Waals surface area contributed by atoms with Gasteiger partial charge in [-0.25, -0.2) is 8.42 Å². The van der Waals surface area contributed by atoms with Crippen LogP contribution >= 0.6 is 12.2 Å². The van der Waals surface area contributed by atoms with E-state index in [1.807, 2.05) is 0 Å². The zero-order chi connectivity index (χ0) is 8.06. The summed E-state index contributed by atoms with van der Waals surface area (Å²) >= 11 is 4.72. The van der Waals surface area contributed by atoms with Crippen LogP contribution < -0.4 is 5.32 Å². The Labute approximate surface area is 69.8 Å². The summed E-state index contributed by atoms with van der Waals surface area (Å²) in [7, 11) is -2.88. The summed E-state index contributed by atoms with van der Waals surface area (Å²) in [5.41, 5.74) is 0. The van der Waals surface area contributed by atoms with Gasteiger partial charge < -0.3 is 10.1 Å². The van der Waals surface area contributed by atoms with Gasteiger partial charge in [-0.05, 0) is 12.2 Å². The normalized spacial score (nSPS) is 39.5. The van der Waals surface area contributed by atoms with E-state index in [2.05, 4.69) is 5.32 Å². The van der Waals surface area contributed by atoms with E-state index in [0.29, 0.717) is 5.17 Å². The number of ether oxygens (including phenoxy) is 1. The number of hydrogen-bond acceptors (Lipinski definition) is 4. The van der Waals surface area contributed by atoms with Crippen molar-refractivity contribution in [2.45, 2.75) is 12.1 Å². The van der Waals surface area contributed by atoms with E-state index in [1.54, 1.807) is 0 Å². The molecule has 0 aromatic carbocycles. The summed E-state index contributed by atoms with van der Waals surface area (Å²) in [5.74, 6) is 0.253. The van der Waals surface area contributed by atoms with E-state index in [9.17, 15) is 8.42 Å². The highest BCUT2D eigenvalue weighted by Crippen LogP contribution is 2.20. The molecular weight excluding hydrogens is 186 g/mol. The highest BCUT2D eigenvalue weighted by molar-refractivity contribution is 7.91. The van der Waals surface area contributed by atoms with Crippen LogP contribution in [0.2, 0.25) is 0 Å². The van der Waals surface area contributed by atoms with Crippen molar-refractivity contribution >= 4 is 27.2 Å². The maximum absolute atomic E-state index is 11.0. The first-order valence-electron chi connectivity index (χ1n) is 3.24. The predicted molar refractivity (Wildman–Crippen MR) is 43.0 cm³/mol. The summed E-state index contributed by atoms with van der Waals surface area (Å²) in [6.45, 7) is 0. The van der Waals surface area contributed by atoms with Crippen molar-refractivity contribution in [3.63, 3.8) is 0 Å². The van der Waals surface area contributed by atoms with Crippen LogP contribution in [0.3, 0.4) is 0 Å². The van der Waals surface area contributed by atoms with Gasteiger partial charge in [0.1, 0.15) is 6.10 Å². The van der Waals surface area contributed by atoms with Gasteiger partial charge in [-0.3, -0.25) is 0 Å². The van der Waals surface area contributed by atoms with Crippen LogP contribution in [0.25, 0.3) is 0 Å². The lowest BCUT2D eigenvalue weighted by Crippen LogP contribution is -2.30. The maximum atomic E-state index is 11.0. The zero-order valence-corrected chi connectivity index (χ0v) is 7.24. The Hall–Kier alpha value is -0.360. The molecule has 2 saturated heterocycles. The Morgan fingerprint density at radius 1 is 1.55 bits per heavy atom. The molecule has 0 saturated carbocycles. The molecule has 6 heteroatoms. The van der Waals surface area contributed by atoms with Crippen LogP contribution in [0.15, 0.2) is 0 Å². The lowest BCUT2D eigenvalue weighted by Gasteiger charge is -2.00. The molecule has 0 amide bonds. The van der Waals surface area contributed by atoms with Crippen molar-refractivity contribution < 1.29 is 13.2 Å². The molecule has 2 heterocycles. The number of nitrogens with one attached hydrogen (secondary N) is 1. The number of thiocarbonyl (C=S) groups is 1. The first kappa shape index (κ1) is 7.30. The summed E-state index contributed by atoms with van der Waals surface area (Å²) in [6, 6.07) is -0.104. The summed E-state index contributed by atoms with van der Waals surface area (Å²) in [6.07, 6.45) is -0.243. The fraction of sp³-hybridized carbons (Fsp3) is 0.800. The molecule has 0 radical (unpaired) electrons. The van der Waals surface area contributed by atoms with Crippen LogP contribution in [0.4, 0.5) is 0 Å². The van der Waals surface area contributed by atoms with Crippen LogP contribution in [0.5, 0.6) is 0 Å². The molecule has 11 heavy (non-hydrogen) atoms. The van der Waals surface area contributed by atoms with Gasteiger partial charge in [0.25, 0.3) is 5.17 Å².